The van der Waals surface area contributed by atoms with Gasteiger partial charge in [0, 0.05) is 25.3 Å². The van der Waals surface area contributed by atoms with Crippen molar-refractivity contribution >= 4 is 11.6 Å². The fraction of sp³-hybridized carbons (Fsp3) is 0.357. The molecule has 18 heavy (non-hydrogen) atoms. The summed E-state index contributed by atoms with van der Waals surface area (Å²) in [7, 11) is 0. The standard InChI is InChI=1S/C14H21N3O/c1-5-7-16(8-6-2)14(18)13-9-12(15)10-17(13)11(3)4/h5-6,9-11H,1-2,7-8,15H2,3-4H3. The lowest BCUT2D eigenvalue weighted by Gasteiger charge is -2.21. The summed E-state index contributed by atoms with van der Waals surface area (Å²) in [6.45, 7) is 12.3. The highest BCUT2D eigenvalue weighted by atomic mass is 16.2. The third kappa shape index (κ3) is 3.03. The molecule has 2 N–H and O–H groups in total. The number of carbonyl (C=O) groups is 1. The Labute approximate surface area is 108 Å². The van der Waals surface area contributed by atoms with Crippen molar-refractivity contribution in [2.75, 3.05) is 18.8 Å². The molecule has 0 aliphatic heterocycles. The molecule has 4 nitrogen and oxygen atoms in total. The zero-order valence-electron chi connectivity index (χ0n) is 11.1. The van der Waals surface area contributed by atoms with Crippen molar-refractivity contribution in [3.05, 3.63) is 43.3 Å². The van der Waals surface area contributed by atoms with Crippen molar-refractivity contribution in [1.82, 2.24) is 9.47 Å². The van der Waals surface area contributed by atoms with Gasteiger partial charge in [-0.3, -0.25) is 4.79 Å². The van der Waals surface area contributed by atoms with Crippen molar-refractivity contribution < 1.29 is 4.79 Å². The van der Waals surface area contributed by atoms with E-state index in [9.17, 15) is 4.79 Å². The number of aromatic nitrogens is 1. The lowest BCUT2D eigenvalue weighted by atomic mass is 10.3. The third-order valence-electron chi connectivity index (χ3n) is 2.63. The molecule has 0 saturated carbocycles. The minimum absolute atomic E-state index is 0.0554. The topological polar surface area (TPSA) is 51.3 Å². The predicted molar refractivity (Wildman–Crippen MR) is 75.5 cm³/mol. The summed E-state index contributed by atoms with van der Waals surface area (Å²) in [5.74, 6) is -0.0554. The van der Waals surface area contributed by atoms with Crippen LogP contribution in [0.3, 0.4) is 0 Å². The molecule has 0 atom stereocenters. The highest BCUT2D eigenvalue weighted by molar-refractivity contribution is 5.94. The van der Waals surface area contributed by atoms with Gasteiger partial charge in [0.05, 0.1) is 5.69 Å². The number of nitrogens with two attached hydrogens (primary N) is 1. The first-order valence-electron chi connectivity index (χ1n) is 5.99. The Morgan fingerprint density at radius 3 is 2.44 bits per heavy atom. The highest BCUT2D eigenvalue weighted by Crippen LogP contribution is 2.18. The minimum atomic E-state index is -0.0554. The average Bonchev–Trinajstić information content (AvgIpc) is 2.70. The van der Waals surface area contributed by atoms with Crippen molar-refractivity contribution in [3.63, 3.8) is 0 Å². The van der Waals surface area contributed by atoms with E-state index >= 15 is 0 Å². The van der Waals surface area contributed by atoms with Crippen LogP contribution in [0.15, 0.2) is 37.6 Å². The van der Waals surface area contributed by atoms with Crippen LogP contribution in [-0.2, 0) is 0 Å². The molecule has 1 aromatic heterocycles. The Hall–Kier alpha value is -1.97. The molecule has 1 rings (SSSR count). The van der Waals surface area contributed by atoms with E-state index in [4.69, 9.17) is 5.73 Å². The van der Waals surface area contributed by atoms with Crippen molar-refractivity contribution in [1.29, 1.82) is 0 Å². The van der Waals surface area contributed by atoms with Gasteiger partial charge in [0.15, 0.2) is 0 Å². The average molecular weight is 247 g/mol. The van der Waals surface area contributed by atoms with E-state index < -0.39 is 0 Å². The van der Waals surface area contributed by atoms with Gasteiger partial charge >= 0.3 is 0 Å². The first kappa shape index (κ1) is 14.1. The fourth-order valence-corrected chi connectivity index (χ4v) is 1.81. The third-order valence-corrected chi connectivity index (χ3v) is 2.63. The van der Waals surface area contributed by atoms with Crippen LogP contribution in [0.2, 0.25) is 0 Å². The molecule has 98 valence electrons. The van der Waals surface area contributed by atoms with Gasteiger partial charge in [-0.15, -0.1) is 13.2 Å². The number of anilines is 1. The first-order valence-corrected chi connectivity index (χ1v) is 5.99. The molecule has 0 fully saturated rings. The Bertz CT molecular complexity index is 436. The molecule has 0 saturated heterocycles. The van der Waals surface area contributed by atoms with E-state index in [-0.39, 0.29) is 11.9 Å². The molecule has 0 aromatic carbocycles. The molecule has 0 aliphatic carbocycles. The molecule has 0 spiro atoms. The number of hydrogen-bond donors (Lipinski definition) is 1. The normalized spacial score (nSPS) is 10.4. The van der Waals surface area contributed by atoms with E-state index in [1.54, 1.807) is 29.3 Å². The SMILES string of the molecule is C=CCN(CC=C)C(=O)c1cc(N)cn1C(C)C. The van der Waals surface area contributed by atoms with Crippen LogP contribution in [0.25, 0.3) is 0 Å². The lowest BCUT2D eigenvalue weighted by molar-refractivity contribution is 0.0778. The monoisotopic (exact) mass is 247 g/mol. The van der Waals surface area contributed by atoms with E-state index in [0.29, 0.717) is 24.5 Å². The predicted octanol–water partition coefficient (Wildman–Crippen LogP) is 2.47. The molecule has 0 aliphatic rings. The number of nitrogen functional groups attached to an aromatic ring is 1. The van der Waals surface area contributed by atoms with Gasteiger partial charge in [-0.2, -0.15) is 0 Å². The fourth-order valence-electron chi connectivity index (χ4n) is 1.81. The van der Waals surface area contributed by atoms with Crippen LogP contribution in [0.5, 0.6) is 0 Å². The number of carbonyl (C=O) groups excluding carboxylic acids is 1. The van der Waals surface area contributed by atoms with Gasteiger partial charge in [-0.05, 0) is 19.9 Å². The second kappa shape index (κ2) is 6.10. The van der Waals surface area contributed by atoms with Crippen LogP contribution >= 0.6 is 0 Å². The number of amides is 1. The van der Waals surface area contributed by atoms with Gasteiger partial charge in [0.25, 0.3) is 5.91 Å². The summed E-state index contributed by atoms with van der Waals surface area (Å²) in [4.78, 5) is 14.1. The highest BCUT2D eigenvalue weighted by Gasteiger charge is 2.19. The molecule has 0 unspecified atom stereocenters. The second-order valence-corrected chi connectivity index (χ2v) is 4.45. The zero-order chi connectivity index (χ0) is 13.7. The zero-order valence-corrected chi connectivity index (χ0v) is 11.1. The van der Waals surface area contributed by atoms with E-state index in [1.807, 2.05) is 18.4 Å². The minimum Gasteiger partial charge on any atom is -0.397 e. The Balaban J connectivity index is 3.07. The van der Waals surface area contributed by atoms with E-state index in [1.165, 1.54) is 0 Å². The molecular weight excluding hydrogens is 226 g/mol. The molecule has 0 radical (unpaired) electrons. The Kier molecular flexibility index (Phi) is 4.77. The van der Waals surface area contributed by atoms with Crippen LogP contribution in [0.1, 0.15) is 30.4 Å². The number of nitrogens with zero attached hydrogens (tertiary/aromatic N) is 2. The van der Waals surface area contributed by atoms with Crippen molar-refractivity contribution in [2.45, 2.75) is 19.9 Å². The maximum absolute atomic E-state index is 12.4. The molecule has 1 amide bonds. The molecule has 1 aromatic rings. The molecule has 0 bridgehead atoms. The second-order valence-electron chi connectivity index (χ2n) is 4.45. The van der Waals surface area contributed by atoms with Crippen LogP contribution in [0, 0.1) is 0 Å². The maximum Gasteiger partial charge on any atom is 0.271 e. The molecular formula is C14H21N3O. The molecule has 4 heteroatoms. The Morgan fingerprint density at radius 1 is 1.44 bits per heavy atom. The maximum atomic E-state index is 12.4. The summed E-state index contributed by atoms with van der Waals surface area (Å²) in [6, 6.07) is 1.90. The van der Waals surface area contributed by atoms with Crippen molar-refractivity contribution in [2.24, 2.45) is 0 Å². The summed E-state index contributed by atoms with van der Waals surface area (Å²) < 4.78 is 1.89. The van der Waals surface area contributed by atoms with Crippen LogP contribution < -0.4 is 5.73 Å². The molecule has 1 heterocycles. The quantitative estimate of drug-likeness (QED) is 0.785. The number of hydrogen-bond acceptors (Lipinski definition) is 2. The number of rotatable bonds is 6. The summed E-state index contributed by atoms with van der Waals surface area (Å²) in [5, 5.41) is 0. The lowest BCUT2D eigenvalue weighted by Crippen LogP contribution is -2.33. The van der Waals surface area contributed by atoms with Crippen molar-refractivity contribution in [3.8, 4) is 0 Å². The summed E-state index contributed by atoms with van der Waals surface area (Å²) >= 11 is 0. The first-order chi connectivity index (χ1) is 8.51. The van der Waals surface area contributed by atoms with E-state index in [2.05, 4.69) is 13.2 Å². The summed E-state index contributed by atoms with van der Waals surface area (Å²) in [5.41, 5.74) is 6.98. The Morgan fingerprint density at radius 2 is 2.00 bits per heavy atom. The smallest absolute Gasteiger partial charge is 0.271 e. The van der Waals surface area contributed by atoms with Gasteiger partial charge in [-0.25, -0.2) is 0 Å². The largest absolute Gasteiger partial charge is 0.397 e. The van der Waals surface area contributed by atoms with Gasteiger partial charge in [0.2, 0.25) is 0 Å². The van der Waals surface area contributed by atoms with E-state index in [0.717, 1.165) is 0 Å². The van der Waals surface area contributed by atoms with Gasteiger partial charge < -0.3 is 15.2 Å². The van der Waals surface area contributed by atoms with Crippen LogP contribution in [0.4, 0.5) is 5.69 Å². The van der Waals surface area contributed by atoms with Crippen LogP contribution in [-0.4, -0.2) is 28.5 Å². The van der Waals surface area contributed by atoms with Gasteiger partial charge in [-0.1, -0.05) is 12.2 Å². The summed E-state index contributed by atoms with van der Waals surface area (Å²) in [6.07, 6.45) is 5.19. The van der Waals surface area contributed by atoms with Gasteiger partial charge in [0.1, 0.15) is 5.69 Å².